The number of anilines is 2. The van der Waals surface area contributed by atoms with Crippen molar-refractivity contribution < 1.29 is 18.7 Å². The topological polar surface area (TPSA) is 63.7 Å². The molecule has 3 heterocycles. The van der Waals surface area contributed by atoms with Crippen LogP contribution in [0.3, 0.4) is 0 Å². The summed E-state index contributed by atoms with van der Waals surface area (Å²) in [5.74, 6) is 1.000. The molecule has 0 saturated carbocycles. The van der Waals surface area contributed by atoms with Crippen molar-refractivity contribution in [3.8, 4) is 5.75 Å². The van der Waals surface area contributed by atoms with Crippen LogP contribution in [0.5, 0.6) is 5.75 Å². The monoisotopic (exact) mass is 497 g/mol. The van der Waals surface area contributed by atoms with Crippen molar-refractivity contribution in [2.75, 3.05) is 38.2 Å². The van der Waals surface area contributed by atoms with Crippen molar-refractivity contribution in [1.29, 1.82) is 0 Å². The lowest BCUT2D eigenvalue weighted by Gasteiger charge is -2.46. The number of rotatable bonds is 9. The van der Waals surface area contributed by atoms with E-state index in [9.17, 15) is 9.18 Å². The van der Waals surface area contributed by atoms with Gasteiger partial charge in [0.1, 0.15) is 17.4 Å². The highest BCUT2D eigenvalue weighted by Gasteiger charge is 2.49. The number of benzene rings is 2. The van der Waals surface area contributed by atoms with Crippen LogP contribution < -0.4 is 10.1 Å². The Hall–Kier alpha value is -2.90. The number of cyclic esters (lactones) is 1. The first-order valence-electron chi connectivity index (χ1n) is 12.1. The summed E-state index contributed by atoms with van der Waals surface area (Å²) in [6.45, 7) is 6.10. The maximum atomic E-state index is 13.6. The molecule has 0 unspecified atom stereocenters. The van der Waals surface area contributed by atoms with Gasteiger partial charge >= 0.3 is 5.97 Å². The van der Waals surface area contributed by atoms with E-state index in [1.54, 1.807) is 18.3 Å². The third-order valence-electron chi connectivity index (χ3n) is 6.70. The van der Waals surface area contributed by atoms with E-state index < -0.39 is 5.82 Å². The molecule has 5 rings (SSSR count). The van der Waals surface area contributed by atoms with E-state index in [4.69, 9.17) is 21.1 Å². The number of carbonyl (C=O) groups excluding carboxylic acids is 1. The number of aryl methyl sites for hydroxylation is 1. The first kappa shape index (κ1) is 23.8. The van der Waals surface area contributed by atoms with Crippen LogP contribution >= 0.6 is 11.6 Å². The van der Waals surface area contributed by atoms with Gasteiger partial charge in [-0.3, -0.25) is 4.79 Å². The molecule has 0 amide bonds. The summed E-state index contributed by atoms with van der Waals surface area (Å²) in [6.07, 6.45) is 5.15. The Kier molecular flexibility index (Phi) is 6.80. The van der Waals surface area contributed by atoms with Gasteiger partial charge in [-0.15, -0.1) is 0 Å². The second-order valence-corrected chi connectivity index (χ2v) is 10.0. The molecule has 0 bridgehead atoms. The molecule has 3 aromatic rings. The summed E-state index contributed by atoms with van der Waals surface area (Å²) in [5.41, 5.74) is 1.89. The number of esters is 1. The molecule has 2 aliphatic rings. The number of halogens is 2. The number of nitrogens with zero attached hydrogens (tertiary/aromatic N) is 2. The molecule has 0 atom stereocenters. The van der Waals surface area contributed by atoms with Crippen LogP contribution in [0.1, 0.15) is 31.7 Å². The van der Waals surface area contributed by atoms with E-state index in [0.29, 0.717) is 31.1 Å². The van der Waals surface area contributed by atoms with Crippen LogP contribution in [-0.2, 0) is 16.0 Å². The van der Waals surface area contributed by atoms with Crippen LogP contribution in [-0.4, -0.2) is 48.7 Å². The molecule has 2 aliphatic heterocycles. The minimum atomic E-state index is -0.457. The van der Waals surface area contributed by atoms with Gasteiger partial charge in [-0.1, -0.05) is 24.9 Å². The highest BCUT2D eigenvalue weighted by Crippen LogP contribution is 2.39. The number of ether oxygens (including phenoxy) is 2. The third kappa shape index (κ3) is 5.21. The lowest BCUT2D eigenvalue weighted by molar-refractivity contribution is -0.137. The van der Waals surface area contributed by atoms with Crippen molar-refractivity contribution in [3.63, 3.8) is 0 Å². The molecule has 0 radical (unpaired) electrons. The first-order chi connectivity index (χ1) is 16.9. The molecule has 35 heavy (non-hydrogen) atoms. The third-order valence-corrected chi connectivity index (χ3v) is 6.99. The Morgan fingerprint density at radius 2 is 2.11 bits per heavy atom. The Morgan fingerprint density at radius 1 is 1.26 bits per heavy atom. The molecule has 1 spiro atoms. The fourth-order valence-corrected chi connectivity index (χ4v) is 5.21. The number of carbonyl (C=O) groups is 1. The van der Waals surface area contributed by atoms with Gasteiger partial charge in [0.2, 0.25) is 0 Å². The van der Waals surface area contributed by atoms with E-state index in [2.05, 4.69) is 28.2 Å². The zero-order valence-corrected chi connectivity index (χ0v) is 20.5. The number of pyridine rings is 1. The molecule has 2 fully saturated rings. The van der Waals surface area contributed by atoms with Crippen LogP contribution in [0.15, 0.2) is 42.6 Å². The zero-order chi connectivity index (χ0) is 24.4. The average Bonchev–Trinajstić information content (AvgIpc) is 3.21. The first-order valence-corrected chi connectivity index (χ1v) is 12.5. The lowest BCUT2D eigenvalue weighted by Crippen LogP contribution is -2.56. The molecule has 184 valence electrons. The lowest BCUT2D eigenvalue weighted by atomic mass is 9.79. The molecule has 6 nitrogen and oxygen atoms in total. The molecule has 0 aliphatic carbocycles. The Labute approximate surface area is 209 Å². The second kappa shape index (κ2) is 9.99. The summed E-state index contributed by atoms with van der Waals surface area (Å²) >= 11 is 5.95. The van der Waals surface area contributed by atoms with Crippen molar-refractivity contribution in [2.24, 2.45) is 5.41 Å². The standard InChI is InChI=1S/C27H29ClFN3O3/c1-2-4-19-11-18-7-8-30-26(31-20-5-6-23(29)22(28)12-20)21(18)13-24(19)34-10-3-9-32-15-27(16-32)14-25(33)35-17-27/h5-8,11-13H,2-4,9-10,14-17H2,1H3,(H,30,31). The fraction of sp³-hybridized carbons (Fsp3) is 0.407. The normalized spacial score (nSPS) is 16.9. The number of hydrogen-bond donors (Lipinski definition) is 1. The Bertz CT molecular complexity index is 1250. The van der Waals surface area contributed by atoms with Crippen LogP contribution in [0.25, 0.3) is 10.8 Å². The number of nitrogens with one attached hydrogen (secondary N) is 1. The predicted octanol–water partition coefficient (Wildman–Crippen LogP) is 5.74. The van der Waals surface area contributed by atoms with Gasteiger partial charge in [-0.25, -0.2) is 9.37 Å². The highest BCUT2D eigenvalue weighted by molar-refractivity contribution is 6.31. The Balaban J connectivity index is 1.26. The number of fused-ring (bicyclic) bond motifs is 1. The molecule has 2 saturated heterocycles. The van der Waals surface area contributed by atoms with Crippen LogP contribution in [0.4, 0.5) is 15.9 Å². The van der Waals surface area contributed by atoms with Crippen molar-refractivity contribution in [1.82, 2.24) is 9.88 Å². The van der Waals surface area contributed by atoms with E-state index >= 15 is 0 Å². The predicted molar refractivity (Wildman–Crippen MR) is 135 cm³/mol. The number of likely N-dealkylation sites (tertiary alicyclic amines) is 1. The average molecular weight is 498 g/mol. The van der Waals surface area contributed by atoms with Gasteiger partial charge in [0.05, 0.1) is 24.7 Å². The summed E-state index contributed by atoms with van der Waals surface area (Å²) in [4.78, 5) is 18.3. The van der Waals surface area contributed by atoms with Crippen LogP contribution in [0, 0.1) is 11.2 Å². The van der Waals surface area contributed by atoms with E-state index in [0.717, 1.165) is 55.4 Å². The maximum Gasteiger partial charge on any atom is 0.306 e. The highest BCUT2D eigenvalue weighted by atomic mass is 35.5. The molecular weight excluding hydrogens is 469 g/mol. The molecule has 8 heteroatoms. The van der Waals surface area contributed by atoms with E-state index in [1.807, 2.05) is 12.1 Å². The van der Waals surface area contributed by atoms with Crippen molar-refractivity contribution in [2.45, 2.75) is 32.6 Å². The summed E-state index contributed by atoms with van der Waals surface area (Å²) in [5, 5.41) is 5.31. The van der Waals surface area contributed by atoms with Gasteiger partial charge in [0.15, 0.2) is 0 Å². The van der Waals surface area contributed by atoms with Crippen molar-refractivity contribution in [3.05, 3.63) is 59.0 Å². The molecule has 1 N–H and O–H groups in total. The summed E-state index contributed by atoms with van der Waals surface area (Å²) in [6, 6.07) is 10.7. The quantitative estimate of drug-likeness (QED) is 0.300. The smallest absolute Gasteiger partial charge is 0.306 e. The number of aromatic nitrogens is 1. The minimum Gasteiger partial charge on any atom is -0.493 e. The number of hydrogen-bond acceptors (Lipinski definition) is 6. The van der Waals surface area contributed by atoms with Gasteiger partial charge in [-0.2, -0.15) is 0 Å². The minimum absolute atomic E-state index is 0.0513. The van der Waals surface area contributed by atoms with Gasteiger partial charge in [-0.05, 0) is 60.2 Å². The SMILES string of the molecule is CCCc1cc2ccnc(Nc3ccc(F)c(Cl)c3)c2cc1OCCCN1CC2(COC(=O)C2)C1. The largest absolute Gasteiger partial charge is 0.493 e. The second-order valence-electron chi connectivity index (χ2n) is 9.59. The molecule has 2 aromatic carbocycles. The zero-order valence-electron chi connectivity index (χ0n) is 19.8. The van der Waals surface area contributed by atoms with Gasteiger partial charge < -0.3 is 19.7 Å². The van der Waals surface area contributed by atoms with E-state index in [1.165, 1.54) is 11.6 Å². The molecule has 1 aromatic heterocycles. The van der Waals surface area contributed by atoms with Crippen LogP contribution in [0.2, 0.25) is 5.02 Å². The Morgan fingerprint density at radius 3 is 2.86 bits per heavy atom. The summed E-state index contributed by atoms with van der Waals surface area (Å²) in [7, 11) is 0. The van der Waals surface area contributed by atoms with E-state index in [-0.39, 0.29) is 16.4 Å². The fourth-order valence-electron chi connectivity index (χ4n) is 5.03. The van der Waals surface area contributed by atoms with Crippen molar-refractivity contribution >= 4 is 39.8 Å². The van der Waals surface area contributed by atoms with Gasteiger partial charge in [0.25, 0.3) is 0 Å². The van der Waals surface area contributed by atoms with Gasteiger partial charge in [0, 0.05) is 42.3 Å². The maximum absolute atomic E-state index is 13.6. The molecular formula is C27H29ClFN3O3. The summed E-state index contributed by atoms with van der Waals surface area (Å²) < 4.78 is 25.0.